The van der Waals surface area contributed by atoms with Crippen LogP contribution < -0.4 is 0 Å². The lowest BCUT2D eigenvalue weighted by molar-refractivity contribution is -0.141. The van der Waals surface area contributed by atoms with Gasteiger partial charge in [0.05, 0.1) is 12.0 Å². The lowest BCUT2D eigenvalue weighted by Gasteiger charge is -2.27. The largest absolute Gasteiger partial charge is 0.468 e. The number of aryl methyl sites for hydroxylation is 2. The van der Waals surface area contributed by atoms with E-state index in [4.69, 9.17) is 4.74 Å². The molecule has 1 amide bonds. The Labute approximate surface area is 130 Å². The topological polar surface area (TPSA) is 46.6 Å². The molecule has 4 nitrogen and oxygen atoms in total. The standard InChI is InChI=1S/C16H23NO3S/c1-4-12-9-14(21-11(12)2)16(19)17(10-15(18)20-3)13-7-5-6-8-13/h9,13H,4-8,10H2,1-3H3. The second kappa shape index (κ2) is 7.07. The summed E-state index contributed by atoms with van der Waals surface area (Å²) >= 11 is 1.53. The first-order chi connectivity index (χ1) is 10.1. The van der Waals surface area contributed by atoms with Crippen LogP contribution in [0.4, 0.5) is 0 Å². The van der Waals surface area contributed by atoms with Crippen LogP contribution in [0.25, 0.3) is 0 Å². The Balaban J connectivity index is 2.21. The maximum Gasteiger partial charge on any atom is 0.325 e. The van der Waals surface area contributed by atoms with Crippen LogP contribution in [0.15, 0.2) is 6.07 Å². The van der Waals surface area contributed by atoms with Crippen molar-refractivity contribution < 1.29 is 14.3 Å². The van der Waals surface area contributed by atoms with E-state index in [1.54, 1.807) is 4.90 Å². The molecule has 0 atom stereocenters. The van der Waals surface area contributed by atoms with Crippen LogP contribution in [0.1, 0.15) is 52.7 Å². The first-order valence-electron chi connectivity index (χ1n) is 7.53. The molecule has 0 aromatic carbocycles. The molecule has 5 heteroatoms. The highest BCUT2D eigenvalue weighted by atomic mass is 32.1. The summed E-state index contributed by atoms with van der Waals surface area (Å²) in [6.07, 6.45) is 5.14. The smallest absolute Gasteiger partial charge is 0.325 e. The van der Waals surface area contributed by atoms with E-state index < -0.39 is 0 Å². The first-order valence-corrected chi connectivity index (χ1v) is 8.35. The Hall–Kier alpha value is -1.36. The van der Waals surface area contributed by atoms with Crippen LogP contribution in [0, 0.1) is 6.92 Å². The monoisotopic (exact) mass is 309 g/mol. The van der Waals surface area contributed by atoms with Gasteiger partial charge in [0, 0.05) is 10.9 Å². The van der Waals surface area contributed by atoms with Crippen LogP contribution in [-0.4, -0.2) is 36.5 Å². The van der Waals surface area contributed by atoms with Crippen molar-refractivity contribution in [1.82, 2.24) is 4.90 Å². The molecule has 1 fully saturated rings. The number of nitrogens with zero attached hydrogens (tertiary/aromatic N) is 1. The molecule has 0 unspecified atom stereocenters. The van der Waals surface area contributed by atoms with Gasteiger partial charge in [0.1, 0.15) is 6.54 Å². The van der Waals surface area contributed by atoms with Gasteiger partial charge in [-0.15, -0.1) is 11.3 Å². The third-order valence-corrected chi connectivity index (χ3v) is 5.25. The molecule has 21 heavy (non-hydrogen) atoms. The molecule has 116 valence electrons. The van der Waals surface area contributed by atoms with Gasteiger partial charge in [-0.2, -0.15) is 0 Å². The number of carbonyl (C=O) groups excluding carboxylic acids is 2. The fraction of sp³-hybridized carbons (Fsp3) is 0.625. The second-order valence-corrected chi connectivity index (χ2v) is 6.75. The number of methoxy groups -OCH3 is 1. The molecular formula is C16H23NO3S. The fourth-order valence-electron chi connectivity index (χ4n) is 2.90. The molecule has 1 aliphatic rings. The van der Waals surface area contributed by atoms with Crippen molar-refractivity contribution in [2.24, 2.45) is 0 Å². The fourth-order valence-corrected chi connectivity index (χ4v) is 3.97. The minimum atomic E-state index is -0.348. The first kappa shape index (κ1) is 16.0. The number of hydrogen-bond acceptors (Lipinski definition) is 4. The van der Waals surface area contributed by atoms with Crippen LogP contribution in [0.5, 0.6) is 0 Å². The Morgan fingerprint density at radius 2 is 2.05 bits per heavy atom. The molecule has 1 aromatic rings. The van der Waals surface area contributed by atoms with Crippen LogP contribution >= 0.6 is 11.3 Å². The molecular weight excluding hydrogens is 286 g/mol. The average molecular weight is 309 g/mol. The predicted molar refractivity (Wildman–Crippen MR) is 83.7 cm³/mol. The second-order valence-electron chi connectivity index (χ2n) is 5.49. The van der Waals surface area contributed by atoms with E-state index in [9.17, 15) is 9.59 Å². The van der Waals surface area contributed by atoms with E-state index in [2.05, 4.69) is 6.92 Å². The maximum absolute atomic E-state index is 12.8. The minimum absolute atomic E-state index is 0.0277. The highest BCUT2D eigenvalue weighted by Crippen LogP contribution is 2.28. The Kier molecular flexibility index (Phi) is 5.39. The van der Waals surface area contributed by atoms with Crippen LogP contribution in [0.2, 0.25) is 0 Å². The minimum Gasteiger partial charge on any atom is -0.468 e. The Morgan fingerprint density at radius 1 is 1.38 bits per heavy atom. The van der Waals surface area contributed by atoms with Gasteiger partial charge < -0.3 is 9.64 Å². The zero-order chi connectivity index (χ0) is 15.4. The predicted octanol–water partition coefficient (Wildman–Crippen LogP) is 3.18. The summed E-state index contributed by atoms with van der Waals surface area (Å²) in [6, 6.07) is 2.14. The zero-order valence-electron chi connectivity index (χ0n) is 13.0. The summed E-state index contributed by atoms with van der Waals surface area (Å²) in [5.74, 6) is -0.376. The van der Waals surface area contributed by atoms with E-state index >= 15 is 0 Å². The van der Waals surface area contributed by atoms with Crippen molar-refractivity contribution in [2.75, 3.05) is 13.7 Å². The number of rotatable bonds is 5. The van der Waals surface area contributed by atoms with E-state index in [-0.39, 0.29) is 24.5 Å². The van der Waals surface area contributed by atoms with Crippen molar-refractivity contribution in [2.45, 2.75) is 52.0 Å². The van der Waals surface area contributed by atoms with Gasteiger partial charge in [0.2, 0.25) is 0 Å². The maximum atomic E-state index is 12.8. The van der Waals surface area contributed by atoms with Crippen molar-refractivity contribution in [1.29, 1.82) is 0 Å². The molecule has 1 aromatic heterocycles. The van der Waals surface area contributed by atoms with Gasteiger partial charge in [-0.25, -0.2) is 0 Å². The lowest BCUT2D eigenvalue weighted by Crippen LogP contribution is -2.42. The molecule has 1 aliphatic carbocycles. The quantitative estimate of drug-likeness (QED) is 0.785. The lowest BCUT2D eigenvalue weighted by atomic mass is 10.1. The van der Waals surface area contributed by atoms with Crippen molar-refractivity contribution >= 4 is 23.2 Å². The number of amides is 1. The van der Waals surface area contributed by atoms with E-state index in [1.807, 2.05) is 13.0 Å². The molecule has 0 spiro atoms. The van der Waals surface area contributed by atoms with Gasteiger partial charge >= 0.3 is 5.97 Å². The Morgan fingerprint density at radius 3 is 2.57 bits per heavy atom. The molecule has 0 N–H and O–H groups in total. The number of hydrogen-bond donors (Lipinski definition) is 0. The van der Waals surface area contributed by atoms with Gasteiger partial charge in [-0.05, 0) is 37.8 Å². The van der Waals surface area contributed by atoms with Crippen LogP contribution in [0.3, 0.4) is 0 Å². The summed E-state index contributed by atoms with van der Waals surface area (Å²) in [6.45, 7) is 4.19. The Bertz CT molecular complexity index is 518. The summed E-state index contributed by atoms with van der Waals surface area (Å²) in [4.78, 5) is 28.1. The summed E-state index contributed by atoms with van der Waals surface area (Å²) in [5.41, 5.74) is 1.22. The normalized spacial score (nSPS) is 15.2. The summed E-state index contributed by atoms with van der Waals surface area (Å²) in [5, 5.41) is 0. The number of carbonyl (C=O) groups is 2. The number of ether oxygens (including phenoxy) is 1. The molecule has 2 rings (SSSR count). The molecule has 1 saturated carbocycles. The molecule has 0 aliphatic heterocycles. The summed E-state index contributed by atoms with van der Waals surface area (Å²) in [7, 11) is 1.37. The van der Waals surface area contributed by atoms with Crippen LogP contribution in [-0.2, 0) is 16.0 Å². The highest BCUT2D eigenvalue weighted by Gasteiger charge is 2.30. The molecule has 1 heterocycles. The van der Waals surface area contributed by atoms with E-state index in [1.165, 1.54) is 28.9 Å². The molecule has 0 radical (unpaired) electrons. The van der Waals surface area contributed by atoms with Crippen molar-refractivity contribution in [3.8, 4) is 0 Å². The SMILES string of the molecule is CCc1cc(C(=O)N(CC(=O)OC)C2CCCC2)sc1C. The zero-order valence-corrected chi connectivity index (χ0v) is 13.8. The van der Waals surface area contributed by atoms with Gasteiger partial charge in [0.25, 0.3) is 5.91 Å². The average Bonchev–Trinajstić information content (AvgIpc) is 3.12. The number of esters is 1. The molecule has 0 saturated heterocycles. The van der Waals surface area contributed by atoms with Gasteiger partial charge in [-0.1, -0.05) is 19.8 Å². The van der Waals surface area contributed by atoms with Gasteiger partial charge in [0.15, 0.2) is 0 Å². The molecule has 0 bridgehead atoms. The third kappa shape index (κ3) is 3.64. The van der Waals surface area contributed by atoms with Crippen molar-refractivity contribution in [3.63, 3.8) is 0 Å². The van der Waals surface area contributed by atoms with Crippen molar-refractivity contribution in [3.05, 3.63) is 21.4 Å². The number of thiophene rings is 1. The highest BCUT2D eigenvalue weighted by molar-refractivity contribution is 7.14. The third-order valence-electron chi connectivity index (χ3n) is 4.17. The van der Waals surface area contributed by atoms with Gasteiger partial charge in [-0.3, -0.25) is 9.59 Å². The van der Waals surface area contributed by atoms with E-state index in [0.29, 0.717) is 0 Å². The summed E-state index contributed by atoms with van der Waals surface area (Å²) < 4.78 is 4.75. The van der Waals surface area contributed by atoms with E-state index in [0.717, 1.165) is 37.0 Å².